The van der Waals surface area contributed by atoms with Crippen molar-refractivity contribution in [3.05, 3.63) is 80.8 Å². The number of nitro groups is 1. The van der Waals surface area contributed by atoms with Crippen LogP contribution in [0.1, 0.15) is 31.2 Å². The molecule has 0 amide bonds. The average Bonchev–Trinajstić information content (AvgIpc) is 2.73. The second-order valence-corrected chi connectivity index (χ2v) is 7.14. The van der Waals surface area contributed by atoms with E-state index in [-0.39, 0.29) is 11.9 Å². The molecule has 1 aliphatic heterocycles. The standard InChI is InChI=1S/C21H22N4O3/c26-21-19(25(27)28)20(22-18-11-5-7-15-24(18)21)23-14-6-4-10-17(23)13-12-16-8-2-1-3-9-16/h1-3,5,7-9,11,15,17H,4,6,10,12-14H2. The highest BCUT2D eigenvalue weighted by Crippen LogP contribution is 2.31. The molecule has 1 fully saturated rings. The molecule has 1 saturated heterocycles. The van der Waals surface area contributed by atoms with Crippen molar-refractivity contribution in [3.63, 3.8) is 0 Å². The van der Waals surface area contributed by atoms with Gasteiger partial charge in [0.15, 0.2) is 0 Å². The van der Waals surface area contributed by atoms with Gasteiger partial charge in [-0.2, -0.15) is 0 Å². The molecular formula is C21H22N4O3. The zero-order valence-electron chi connectivity index (χ0n) is 15.5. The SMILES string of the molecule is O=c1c([N+](=O)[O-])c(N2CCCCC2CCc2ccccc2)nc2ccccn12. The minimum absolute atomic E-state index is 0.130. The average molecular weight is 378 g/mol. The van der Waals surface area contributed by atoms with E-state index in [1.54, 1.807) is 18.2 Å². The maximum atomic E-state index is 12.8. The lowest BCUT2D eigenvalue weighted by molar-refractivity contribution is -0.385. The maximum absolute atomic E-state index is 12.8. The fourth-order valence-electron chi connectivity index (χ4n) is 3.99. The molecule has 1 atom stereocenters. The first-order chi connectivity index (χ1) is 13.6. The van der Waals surface area contributed by atoms with Gasteiger partial charge in [-0.1, -0.05) is 36.4 Å². The number of nitrogens with zero attached hydrogens (tertiary/aromatic N) is 4. The molecule has 0 saturated carbocycles. The monoisotopic (exact) mass is 378 g/mol. The van der Waals surface area contributed by atoms with Crippen LogP contribution in [-0.2, 0) is 6.42 Å². The first-order valence-corrected chi connectivity index (χ1v) is 9.61. The van der Waals surface area contributed by atoms with E-state index in [4.69, 9.17) is 0 Å². The quantitative estimate of drug-likeness (QED) is 0.501. The number of anilines is 1. The maximum Gasteiger partial charge on any atom is 0.376 e. The third kappa shape index (κ3) is 3.47. The van der Waals surface area contributed by atoms with E-state index in [1.807, 2.05) is 23.1 Å². The Morgan fingerprint density at radius 3 is 2.68 bits per heavy atom. The number of piperidine rings is 1. The van der Waals surface area contributed by atoms with Crippen LogP contribution in [0.2, 0.25) is 0 Å². The molecule has 3 heterocycles. The van der Waals surface area contributed by atoms with Crippen molar-refractivity contribution in [1.82, 2.24) is 9.38 Å². The molecule has 4 rings (SSSR count). The third-order valence-corrected chi connectivity index (χ3v) is 5.38. The number of pyridine rings is 1. The molecule has 0 spiro atoms. The first-order valence-electron chi connectivity index (χ1n) is 9.61. The minimum atomic E-state index is -0.627. The Morgan fingerprint density at radius 1 is 1.11 bits per heavy atom. The van der Waals surface area contributed by atoms with Gasteiger partial charge in [0.1, 0.15) is 5.65 Å². The van der Waals surface area contributed by atoms with Gasteiger partial charge in [-0.05, 0) is 49.8 Å². The van der Waals surface area contributed by atoms with Crippen LogP contribution in [0.15, 0.2) is 59.5 Å². The van der Waals surface area contributed by atoms with Gasteiger partial charge in [0.25, 0.3) is 0 Å². The van der Waals surface area contributed by atoms with Gasteiger partial charge in [0.05, 0.1) is 4.92 Å². The van der Waals surface area contributed by atoms with Gasteiger partial charge < -0.3 is 4.90 Å². The van der Waals surface area contributed by atoms with Crippen LogP contribution in [0.5, 0.6) is 0 Å². The summed E-state index contributed by atoms with van der Waals surface area (Å²) >= 11 is 0. The van der Waals surface area contributed by atoms with Gasteiger partial charge in [-0.15, -0.1) is 0 Å². The van der Waals surface area contributed by atoms with E-state index in [2.05, 4.69) is 17.1 Å². The molecule has 2 aromatic heterocycles. The number of aromatic nitrogens is 2. The zero-order valence-corrected chi connectivity index (χ0v) is 15.5. The second-order valence-electron chi connectivity index (χ2n) is 7.14. The number of aryl methyl sites for hydroxylation is 1. The van der Waals surface area contributed by atoms with Gasteiger partial charge in [-0.25, -0.2) is 4.98 Å². The molecule has 0 bridgehead atoms. The smallest absolute Gasteiger partial charge is 0.348 e. The summed E-state index contributed by atoms with van der Waals surface area (Å²) in [6.45, 7) is 0.676. The van der Waals surface area contributed by atoms with Crippen LogP contribution in [0.25, 0.3) is 5.65 Å². The molecule has 1 aliphatic rings. The minimum Gasteiger partial charge on any atom is -0.348 e. The van der Waals surface area contributed by atoms with Gasteiger partial charge >= 0.3 is 11.2 Å². The molecule has 1 aromatic carbocycles. The molecule has 144 valence electrons. The lowest BCUT2D eigenvalue weighted by Crippen LogP contribution is -2.42. The number of benzene rings is 1. The molecular weight excluding hydrogens is 356 g/mol. The highest BCUT2D eigenvalue weighted by Gasteiger charge is 2.32. The molecule has 1 unspecified atom stereocenters. The van der Waals surface area contributed by atoms with Crippen LogP contribution >= 0.6 is 0 Å². The molecule has 0 aliphatic carbocycles. The van der Waals surface area contributed by atoms with Crippen LogP contribution in [0.4, 0.5) is 11.5 Å². The van der Waals surface area contributed by atoms with Crippen molar-refractivity contribution in [3.8, 4) is 0 Å². The first kappa shape index (κ1) is 18.2. The predicted octanol–water partition coefficient (Wildman–Crippen LogP) is 3.59. The Labute approximate surface area is 162 Å². The van der Waals surface area contributed by atoms with Crippen molar-refractivity contribution in [2.75, 3.05) is 11.4 Å². The van der Waals surface area contributed by atoms with Crippen molar-refractivity contribution in [1.29, 1.82) is 0 Å². The Hall–Kier alpha value is -3.22. The van der Waals surface area contributed by atoms with E-state index in [1.165, 1.54) is 16.2 Å². The highest BCUT2D eigenvalue weighted by molar-refractivity contribution is 5.62. The van der Waals surface area contributed by atoms with Crippen molar-refractivity contribution < 1.29 is 4.92 Å². The summed E-state index contributed by atoms with van der Waals surface area (Å²) in [6.07, 6.45) is 6.24. The number of hydrogen-bond acceptors (Lipinski definition) is 5. The predicted molar refractivity (Wildman–Crippen MR) is 108 cm³/mol. The summed E-state index contributed by atoms with van der Waals surface area (Å²) in [6, 6.07) is 15.5. The largest absolute Gasteiger partial charge is 0.376 e. The summed E-state index contributed by atoms with van der Waals surface area (Å²) in [7, 11) is 0. The van der Waals surface area contributed by atoms with Crippen molar-refractivity contribution in [2.24, 2.45) is 0 Å². The second kappa shape index (κ2) is 7.80. The Kier molecular flexibility index (Phi) is 5.06. The van der Waals surface area contributed by atoms with E-state index in [0.29, 0.717) is 12.2 Å². The molecule has 0 N–H and O–H groups in total. The van der Waals surface area contributed by atoms with Crippen molar-refractivity contribution >= 4 is 17.2 Å². The number of rotatable bonds is 5. The van der Waals surface area contributed by atoms with Gasteiger partial charge in [0.2, 0.25) is 5.82 Å². The molecule has 28 heavy (non-hydrogen) atoms. The summed E-state index contributed by atoms with van der Waals surface area (Å²) in [5.41, 5.74) is 0.614. The van der Waals surface area contributed by atoms with E-state index in [9.17, 15) is 14.9 Å². The van der Waals surface area contributed by atoms with E-state index in [0.717, 1.165) is 32.1 Å². The van der Waals surface area contributed by atoms with Crippen LogP contribution < -0.4 is 10.5 Å². The van der Waals surface area contributed by atoms with Gasteiger partial charge in [-0.3, -0.25) is 19.3 Å². The Bertz CT molecular complexity index is 1050. The normalized spacial score (nSPS) is 17.0. The highest BCUT2D eigenvalue weighted by atomic mass is 16.6. The summed E-state index contributed by atoms with van der Waals surface area (Å²) in [5, 5.41) is 11.7. The number of fused-ring (bicyclic) bond motifs is 1. The molecule has 7 nitrogen and oxygen atoms in total. The summed E-state index contributed by atoms with van der Waals surface area (Å²) < 4.78 is 1.24. The topological polar surface area (TPSA) is 80.8 Å². The fourth-order valence-corrected chi connectivity index (χ4v) is 3.99. The van der Waals surface area contributed by atoms with Crippen molar-refractivity contribution in [2.45, 2.75) is 38.1 Å². The molecule has 3 aromatic rings. The Morgan fingerprint density at radius 2 is 1.89 bits per heavy atom. The van der Waals surface area contributed by atoms with Crippen LogP contribution in [0, 0.1) is 10.1 Å². The van der Waals surface area contributed by atoms with E-state index < -0.39 is 16.2 Å². The molecule has 0 radical (unpaired) electrons. The van der Waals surface area contributed by atoms with E-state index >= 15 is 0 Å². The Balaban J connectivity index is 1.72. The zero-order chi connectivity index (χ0) is 19.5. The fraction of sp³-hybridized carbons (Fsp3) is 0.333. The lowest BCUT2D eigenvalue weighted by atomic mass is 9.95. The molecule has 7 heteroatoms. The summed E-state index contributed by atoms with van der Waals surface area (Å²) in [4.78, 5) is 30.4. The lowest BCUT2D eigenvalue weighted by Gasteiger charge is -2.36. The van der Waals surface area contributed by atoms with Crippen LogP contribution in [0.3, 0.4) is 0 Å². The van der Waals surface area contributed by atoms with Gasteiger partial charge in [0, 0.05) is 18.8 Å². The third-order valence-electron chi connectivity index (χ3n) is 5.38. The number of hydrogen-bond donors (Lipinski definition) is 0. The summed E-state index contributed by atoms with van der Waals surface area (Å²) in [5.74, 6) is 0.207. The van der Waals surface area contributed by atoms with Crippen LogP contribution in [-0.4, -0.2) is 26.9 Å².